The van der Waals surface area contributed by atoms with E-state index in [0.29, 0.717) is 11.2 Å². The summed E-state index contributed by atoms with van der Waals surface area (Å²) in [5.41, 5.74) is -0.313. The monoisotopic (exact) mass is 343 g/mol. The molecule has 1 fully saturated rings. The van der Waals surface area contributed by atoms with Gasteiger partial charge in [-0.2, -0.15) is 0 Å². The van der Waals surface area contributed by atoms with Gasteiger partial charge in [-0.25, -0.2) is 4.39 Å². The van der Waals surface area contributed by atoms with E-state index < -0.39 is 11.7 Å². The number of aromatic hydroxyl groups is 1. The summed E-state index contributed by atoms with van der Waals surface area (Å²) in [5, 5.41) is 13.3. The van der Waals surface area contributed by atoms with Gasteiger partial charge in [0.1, 0.15) is 11.6 Å². The van der Waals surface area contributed by atoms with Crippen LogP contribution in [-0.2, 0) is 0 Å². The number of hydrogen-bond donors (Lipinski definition) is 2. The normalized spacial score (nSPS) is 26.2. The van der Waals surface area contributed by atoms with Crippen molar-refractivity contribution >= 4 is 21.8 Å². The maximum absolute atomic E-state index is 13.2. The van der Waals surface area contributed by atoms with Gasteiger partial charge in [-0.3, -0.25) is 4.79 Å². The lowest BCUT2D eigenvalue weighted by Crippen LogP contribution is -2.52. The number of rotatable bonds is 3. The third-order valence-electron chi connectivity index (χ3n) is 4.07. The lowest BCUT2D eigenvalue weighted by Gasteiger charge is -2.39. The van der Waals surface area contributed by atoms with Crippen molar-refractivity contribution < 1.29 is 14.3 Å². The first-order valence-electron chi connectivity index (χ1n) is 6.83. The van der Waals surface area contributed by atoms with Crippen molar-refractivity contribution in [2.24, 2.45) is 5.92 Å². The zero-order valence-corrected chi connectivity index (χ0v) is 13.0. The average molecular weight is 344 g/mol. The fourth-order valence-electron chi connectivity index (χ4n) is 2.61. The van der Waals surface area contributed by atoms with Crippen LogP contribution in [0.2, 0.25) is 0 Å². The summed E-state index contributed by atoms with van der Waals surface area (Å²) < 4.78 is 13.2. The van der Waals surface area contributed by atoms with Gasteiger partial charge in [0.2, 0.25) is 0 Å². The minimum atomic E-state index is -0.530. The number of phenols is 1. The molecule has 0 spiro atoms. The van der Waals surface area contributed by atoms with Gasteiger partial charge in [0.25, 0.3) is 5.91 Å². The lowest BCUT2D eigenvalue weighted by atomic mass is 9.78. The van der Waals surface area contributed by atoms with Crippen molar-refractivity contribution in [1.29, 1.82) is 0 Å². The van der Waals surface area contributed by atoms with E-state index >= 15 is 0 Å². The van der Waals surface area contributed by atoms with Crippen LogP contribution in [0.5, 0.6) is 5.75 Å². The molecule has 2 rings (SSSR count). The van der Waals surface area contributed by atoms with Crippen molar-refractivity contribution in [3.8, 4) is 5.75 Å². The highest BCUT2D eigenvalue weighted by Gasteiger charge is 2.35. The number of benzene rings is 1. The van der Waals surface area contributed by atoms with Crippen LogP contribution in [0.4, 0.5) is 4.39 Å². The molecule has 1 saturated carbocycles. The highest BCUT2D eigenvalue weighted by molar-refractivity contribution is 9.09. The molecule has 0 heterocycles. The van der Waals surface area contributed by atoms with Crippen LogP contribution in [0.25, 0.3) is 0 Å². The van der Waals surface area contributed by atoms with Crippen LogP contribution in [0.15, 0.2) is 18.2 Å². The fraction of sp³-hybridized carbons (Fsp3) is 0.533. The van der Waals surface area contributed by atoms with Crippen LogP contribution < -0.4 is 5.32 Å². The number of alkyl halides is 1. The topological polar surface area (TPSA) is 49.3 Å². The van der Waals surface area contributed by atoms with Crippen LogP contribution in [0.1, 0.15) is 43.0 Å². The first kappa shape index (κ1) is 15.3. The number of nitrogens with one attached hydrogen (secondary N) is 1. The van der Waals surface area contributed by atoms with Gasteiger partial charge < -0.3 is 10.4 Å². The minimum Gasteiger partial charge on any atom is -0.507 e. The number of amides is 1. The molecule has 3 nitrogen and oxygen atoms in total. The molecule has 1 amide bonds. The summed E-state index contributed by atoms with van der Waals surface area (Å²) in [6.45, 7) is 2.21. The Morgan fingerprint density at radius 1 is 1.50 bits per heavy atom. The van der Waals surface area contributed by atoms with Crippen molar-refractivity contribution in [2.75, 3.05) is 5.33 Å². The molecular weight excluding hydrogens is 325 g/mol. The number of hydrogen-bond acceptors (Lipinski definition) is 2. The van der Waals surface area contributed by atoms with E-state index in [1.54, 1.807) is 0 Å². The SMILES string of the molecule is CC1CCC(CBr)(NC(=O)c2cc(F)ccc2O)CC1. The van der Waals surface area contributed by atoms with Gasteiger partial charge in [-0.15, -0.1) is 0 Å². The molecule has 0 radical (unpaired) electrons. The quantitative estimate of drug-likeness (QED) is 0.823. The molecule has 1 aliphatic rings. The van der Waals surface area contributed by atoms with Crippen LogP contribution in [0.3, 0.4) is 0 Å². The largest absolute Gasteiger partial charge is 0.507 e. The van der Waals surface area contributed by atoms with Crippen LogP contribution in [0, 0.1) is 11.7 Å². The molecule has 0 atom stereocenters. The summed E-state index contributed by atoms with van der Waals surface area (Å²) in [4.78, 5) is 12.3. The van der Waals surface area contributed by atoms with E-state index in [4.69, 9.17) is 0 Å². The Hall–Kier alpha value is -1.10. The summed E-state index contributed by atoms with van der Waals surface area (Å²) >= 11 is 3.47. The van der Waals surface area contributed by atoms with Gasteiger partial charge in [0.05, 0.1) is 11.1 Å². The summed E-state index contributed by atoms with van der Waals surface area (Å²) in [6, 6.07) is 3.40. The Kier molecular flexibility index (Phi) is 4.68. The van der Waals surface area contributed by atoms with Gasteiger partial charge >= 0.3 is 0 Å². The third-order valence-corrected chi connectivity index (χ3v) is 5.14. The third kappa shape index (κ3) is 3.32. The summed E-state index contributed by atoms with van der Waals surface area (Å²) in [7, 11) is 0. The standard InChI is InChI=1S/C15H19BrFNO2/c1-10-4-6-15(9-16,7-5-10)18-14(20)12-8-11(17)2-3-13(12)19/h2-3,8,10,19H,4-7,9H2,1H3,(H,18,20). The maximum Gasteiger partial charge on any atom is 0.255 e. The highest BCUT2D eigenvalue weighted by atomic mass is 79.9. The Labute approximate surface area is 126 Å². The van der Waals surface area contributed by atoms with E-state index in [1.807, 2.05) is 0 Å². The zero-order valence-electron chi connectivity index (χ0n) is 11.5. The van der Waals surface area contributed by atoms with E-state index in [0.717, 1.165) is 37.8 Å². The second kappa shape index (κ2) is 6.12. The molecule has 0 aliphatic heterocycles. The van der Waals surface area contributed by atoms with Crippen LogP contribution in [-0.4, -0.2) is 21.9 Å². The highest BCUT2D eigenvalue weighted by Crippen LogP contribution is 2.33. The predicted molar refractivity (Wildman–Crippen MR) is 79.7 cm³/mol. The molecular formula is C15H19BrFNO2. The Morgan fingerprint density at radius 2 is 2.15 bits per heavy atom. The van der Waals surface area contributed by atoms with E-state index in [1.165, 1.54) is 6.07 Å². The van der Waals surface area contributed by atoms with Crippen LogP contribution >= 0.6 is 15.9 Å². The van der Waals surface area contributed by atoms with E-state index in [9.17, 15) is 14.3 Å². The molecule has 1 aromatic rings. The first-order valence-corrected chi connectivity index (χ1v) is 7.95. The molecule has 0 unspecified atom stereocenters. The number of phenolic OH excluding ortho intramolecular Hbond substituents is 1. The van der Waals surface area contributed by atoms with Gasteiger partial charge in [0.15, 0.2) is 0 Å². The first-order chi connectivity index (χ1) is 9.46. The molecule has 1 aromatic carbocycles. The lowest BCUT2D eigenvalue weighted by molar-refractivity contribution is 0.0871. The number of carbonyl (C=O) groups excluding carboxylic acids is 1. The zero-order chi connectivity index (χ0) is 14.8. The van der Waals surface area contributed by atoms with Crippen molar-refractivity contribution in [3.63, 3.8) is 0 Å². The van der Waals surface area contributed by atoms with Crippen molar-refractivity contribution in [2.45, 2.75) is 38.1 Å². The van der Waals surface area contributed by atoms with E-state index in [-0.39, 0.29) is 16.9 Å². The Bertz CT molecular complexity index is 499. The molecule has 0 saturated heterocycles. The minimum absolute atomic E-state index is 0.0102. The van der Waals surface area contributed by atoms with E-state index in [2.05, 4.69) is 28.2 Å². The molecule has 110 valence electrons. The summed E-state index contributed by atoms with van der Waals surface area (Å²) in [6.07, 6.45) is 3.89. The maximum atomic E-state index is 13.2. The summed E-state index contributed by atoms with van der Waals surface area (Å²) in [5.74, 6) is -0.478. The smallest absolute Gasteiger partial charge is 0.255 e. The molecule has 20 heavy (non-hydrogen) atoms. The second-order valence-corrected chi connectivity index (χ2v) is 6.27. The van der Waals surface area contributed by atoms with Crippen molar-refractivity contribution in [1.82, 2.24) is 5.32 Å². The number of halogens is 2. The molecule has 0 aromatic heterocycles. The Morgan fingerprint density at radius 3 is 2.75 bits per heavy atom. The number of carbonyl (C=O) groups is 1. The Balaban J connectivity index is 2.15. The molecule has 5 heteroatoms. The average Bonchev–Trinajstić information content (AvgIpc) is 2.44. The molecule has 0 bridgehead atoms. The fourth-order valence-corrected chi connectivity index (χ4v) is 3.31. The predicted octanol–water partition coefficient (Wildman–Crippen LogP) is 3.60. The van der Waals surface area contributed by atoms with Gasteiger partial charge in [-0.1, -0.05) is 22.9 Å². The second-order valence-electron chi connectivity index (χ2n) is 5.71. The van der Waals surface area contributed by atoms with Crippen molar-refractivity contribution in [3.05, 3.63) is 29.6 Å². The molecule has 1 aliphatic carbocycles. The van der Waals surface area contributed by atoms with Gasteiger partial charge in [-0.05, 0) is 49.8 Å². The van der Waals surface area contributed by atoms with Gasteiger partial charge in [0, 0.05) is 5.33 Å². The molecule has 2 N–H and O–H groups in total.